The summed E-state index contributed by atoms with van der Waals surface area (Å²) in [7, 11) is 1.71. The topological polar surface area (TPSA) is 42.3 Å². The van der Waals surface area contributed by atoms with E-state index in [9.17, 15) is 0 Å². The molecule has 2 aliphatic heterocycles. The van der Waals surface area contributed by atoms with E-state index in [4.69, 9.17) is 4.74 Å². The molecule has 5 nitrogen and oxygen atoms in total. The van der Waals surface area contributed by atoms with E-state index in [1.54, 1.807) is 7.11 Å². The first kappa shape index (κ1) is 14.7. The minimum atomic E-state index is 0.673. The van der Waals surface area contributed by atoms with Crippen molar-refractivity contribution in [1.29, 1.82) is 0 Å². The summed E-state index contributed by atoms with van der Waals surface area (Å²) in [6.45, 7) is 4.44. The van der Waals surface area contributed by atoms with Crippen LogP contribution in [0.2, 0.25) is 0 Å². The monoisotopic (exact) mass is 312 g/mol. The maximum Gasteiger partial charge on any atom is 0.144 e. The molecule has 5 heteroatoms. The number of nitrogens with zero attached hydrogens (tertiary/aromatic N) is 3. The number of hydrogen-bond donors (Lipinski definition) is 1. The molecule has 2 fully saturated rings. The number of aromatic nitrogens is 2. The average molecular weight is 312 g/mol. The summed E-state index contributed by atoms with van der Waals surface area (Å²) >= 11 is 0. The van der Waals surface area contributed by atoms with Crippen LogP contribution in [0.5, 0.6) is 5.75 Å². The molecular formula is C18H24N4O. The number of nitrogens with one attached hydrogen (secondary N) is 1. The van der Waals surface area contributed by atoms with Crippen LogP contribution in [-0.2, 0) is 6.54 Å². The molecule has 3 heterocycles. The van der Waals surface area contributed by atoms with E-state index < -0.39 is 0 Å². The first-order valence-electron chi connectivity index (χ1n) is 8.47. The van der Waals surface area contributed by atoms with Crippen molar-refractivity contribution in [3.05, 3.63) is 42.2 Å². The fourth-order valence-electron chi connectivity index (χ4n) is 3.97. The van der Waals surface area contributed by atoms with Gasteiger partial charge in [0.1, 0.15) is 11.4 Å². The van der Waals surface area contributed by atoms with E-state index in [1.165, 1.54) is 31.6 Å². The molecule has 1 aromatic heterocycles. The smallest absolute Gasteiger partial charge is 0.144 e. The van der Waals surface area contributed by atoms with Crippen molar-refractivity contribution in [2.24, 2.45) is 5.92 Å². The molecule has 23 heavy (non-hydrogen) atoms. The van der Waals surface area contributed by atoms with Crippen molar-refractivity contribution < 1.29 is 4.74 Å². The SMILES string of the molecule is COc1ccccc1-n1nccc1CN1C[C@@H]2CCCN[C@@H]2C1. The number of para-hydroxylation sites is 2. The summed E-state index contributed by atoms with van der Waals surface area (Å²) < 4.78 is 7.50. The van der Waals surface area contributed by atoms with Gasteiger partial charge in [-0.1, -0.05) is 12.1 Å². The van der Waals surface area contributed by atoms with Gasteiger partial charge in [0.25, 0.3) is 0 Å². The molecule has 0 unspecified atom stereocenters. The Hall–Kier alpha value is -1.85. The molecule has 1 N–H and O–H groups in total. The summed E-state index contributed by atoms with van der Waals surface area (Å²) in [5.74, 6) is 1.67. The molecular weight excluding hydrogens is 288 g/mol. The summed E-state index contributed by atoms with van der Waals surface area (Å²) in [4.78, 5) is 2.55. The Labute approximate surface area is 137 Å². The number of hydrogen-bond acceptors (Lipinski definition) is 4. The van der Waals surface area contributed by atoms with E-state index in [1.807, 2.05) is 29.1 Å². The number of benzene rings is 1. The molecule has 0 spiro atoms. The van der Waals surface area contributed by atoms with E-state index in [-0.39, 0.29) is 0 Å². The van der Waals surface area contributed by atoms with Crippen molar-refractivity contribution in [1.82, 2.24) is 20.0 Å². The fraction of sp³-hybridized carbons (Fsp3) is 0.500. The predicted octanol–water partition coefficient (Wildman–Crippen LogP) is 2.06. The third kappa shape index (κ3) is 2.86. The Balaban J connectivity index is 1.54. The lowest BCUT2D eigenvalue weighted by Crippen LogP contribution is -2.40. The predicted molar refractivity (Wildman–Crippen MR) is 89.9 cm³/mol. The van der Waals surface area contributed by atoms with Crippen LogP contribution in [0.25, 0.3) is 5.69 Å². The van der Waals surface area contributed by atoms with Gasteiger partial charge in [-0.2, -0.15) is 5.10 Å². The Morgan fingerprint density at radius 1 is 1.26 bits per heavy atom. The highest BCUT2D eigenvalue weighted by molar-refractivity contribution is 5.46. The number of ether oxygens (including phenoxy) is 1. The van der Waals surface area contributed by atoms with Crippen molar-refractivity contribution in [3.63, 3.8) is 0 Å². The Bertz CT molecular complexity index is 655. The maximum atomic E-state index is 5.49. The average Bonchev–Trinajstić information content (AvgIpc) is 3.21. The normalized spacial score (nSPS) is 24.6. The van der Waals surface area contributed by atoms with Crippen LogP contribution in [0, 0.1) is 5.92 Å². The third-order valence-electron chi connectivity index (χ3n) is 5.09. The van der Waals surface area contributed by atoms with Gasteiger partial charge < -0.3 is 10.1 Å². The van der Waals surface area contributed by atoms with Gasteiger partial charge in [-0.05, 0) is 43.5 Å². The first-order valence-corrected chi connectivity index (χ1v) is 8.47. The minimum Gasteiger partial charge on any atom is -0.494 e. The van der Waals surface area contributed by atoms with Crippen LogP contribution < -0.4 is 10.1 Å². The molecule has 122 valence electrons. The van der Waals surface area contributed by atoms with Gasteiger partial charge in [-0.3, -0.25) is 4.90 Å². The number of fused-ring (bicyclic) bond motifs is 1. The van der Waals surface area contributed by atoms with Gasteiger partial charge in [0.05, 0.1) is 12.8 Å². The molecule has 2 aromatic rings. The molecule has 4 rings (SSSR count). The lowest BCUT2D eigenvalue weighted by atomic mass is 9.94. The molecule has 2 saturated heterocycles. The zero-order valence-electron chi connectivity index (χ0n) is 13.6. The van der Waals surface area contributed by atoms with Gasteiger partial charge in [0.2, 0.25) is 0 Å². The van der Waals surface area contributed by atoms with E-state index in [0.29, 0.717) is 6.04 Å². The molecule has 0 amide bonds. The Morgan fingerprint density at radius 3 is 3.04 bits per heavy atom. The number of piperidine rings is 1. The van der Waals surface area contributed by atoms with E-state index >= 15 is 0 Å². The largest absolute Gasteiger partial charge is 0.494 e. The van der Waals surface area contributed by atoms with Crippen LogP contribution >= 0.6 is 0 Å². The fourth-order valence-corrected chi connectivity index (χ4v) is 3.97. The Kier molecular flexibility index (Phi) is 4.06. The summed E-state index contributed by atoms with van der Waals surface area (Å²) in [5.41, 5.74) is 2.22. The molecule has 0 bridgehead atoms. The van der Waals surface area contributed by atoms with Crippen LogP contribution in [0.15, 0.2) is 36.5 Å². The van der Waals surface area contributed by atoms with Crippen molar-refractivity contribution >= 4 is 0 Å². The highest BCUT2D eigenvalue weighted by atomic mass is 16.5. The summed E-state index contributed by atoms with van der Waals surface area (Å²) in [6.07, 6.45) is 4.55. The number of likely N-dealkylation sites (tertiary alicyclic amines) is 1. The molecule has 2 atom stereocenters. The standard InChI is InChI=1S/C18H24N4O/c1-23-18-7-3-2-6-17(18)22-15(8-10-20-22)12-21-11-14-5-4-9-19-16(14)13-21/h2-3,6-8,10,14,16,19H,4-5,9,11-13H2,1H3/t14-,16+/m0/s1. The number of rotatable bonds is 4. The zero-order chi connectivity index (χ0) is 15.6. The van der Waals surface area contributed by atoms with E-state index in [2.05, 4.69) is 27.4 Å². The van der Waals surface area contributed by atoms with Crippen molar-refractivity contribution in [2.75, 3.05) is 26.7 Å². The molecule has 0 aliphatic carbocycles. The second-order valence-electron chi connectivity index (χ2n) is 6.56. The molecule has 0 saturated carbocycles. The van der Waals surface area contributed by atoms with Gasteiger partial charge in [0, 0.05) is 31.9 Å². The lowest BCUT2D eigenvalue weighted by Gasteiger charge is -2.24. The van der Waals surface area contributed by atoms with Crippen LogP contribution in [0.4, 0.5) is 0 Å². The van der Waals surface area contributed by atoms with Crippen LogP contribution in [0.1, 0.15) is 18.5 Å². The molecule has 2 aliphatic rings. The molecule has 1 aromatic carbocycles. The van der Waals surface area contributed by atoms with Gasteiger partial charge in [-0.15, -0.1) is 0 Å². The van der Waals surface area contributed by atoms with Gasteiger partial charge in [-0.25, -0.2) is 4.68 Å². The highest BCUT2D eigenvalue weighted by Crippen LogP contribution is 2.27. The van der Waals surface area contributed by atoms with Gasteiger partial charge >= 0.3 is 0 Å². The second-order valence-corrected chi connectivity index (χ2v) is 6.56. The van der Waals surface area contributed by atoms with E-state index in [0.717, 1.165) is 30.4 Å². The highest BCUT2D eigenvalue weighted by Gasteiger charge is 2.34. The maximum absolute atomic E-state index is 5.49. The lowest BCUT2D eigenvalue weighted by molar-refractivity contribution is 0.306. The van der Waals surface area contributed by atoms with Crippen LogP contribution in [0.3, 0.4) is 0 Å². The Morgan fingerprint density at radius 2 is 2.17 bits per heavy atom. The van der Waals surface area contributed by atoms with Crippen molar-refractivity contribution in [3.8, 4) is 11.4 Å². The van der Waals surface area contributed by atoms with Crippen molar-refractivity contribution in [2.45, 2.75) is 25.4 Å². The summed E-state index contributed by atoms with van der Waals surface area (Å²) in [5, 5.41) is 8.19. The third-order valence-corrected chi connectivity index (χ3v) is 5.09. The minimum absolute atomic E-state index is 0.673. The summed E-state index contributed by atoms with van der Waals surface area (Å²) in [6, 6.07) is 10.8. The van der Waals surface area contributed by atoms with Crippen LogP contribution in [-0.4, -0.2) is 47.5 Å². The van der Waals surface area contributed by atoms with Gasteiger partial charge in [0.15, 0.2) is 0 Å². The first-order chi connectivity index (χ1) is 11.3. The molecule has 0 radical (unpaired) electrons. The zero-order valence-corrected chi connectivity index (χ0v) is 13.6. The second kappa shape index (κ2) is 6.34. The quantitative estimate of drug-likeness (QED) is 0.938. The number of methoxy groups -OCH3 is 1.